The number of nitrogens with zero attached hydrogens (tertiary/aromatic N) is 2. The van der Waals surface area contributed by atoms with Gasteiger partial charge in [-0.25, -0.2) is 4.39 Å². The van der Waals surface area contributed by atoms with Crippen LogP contribution in [-0.2, 0) is 27.4 Å². The van der Waals surface area contributed by atoms with Crippen LogP contribution < -0.4 is 0 Å². The predicted molar refractivity (Wildman–Crippen MR) is 133 cm³/mol. The molecule has 0 atom stereocenters. The highest BCUT2D eigenvalue weighted by atomic mass is 19.1. The van der Waals surface area contributed by atoms with E-state index in [2.05, 4.69) is 0 Å². The summed E-state index contributed by atoms with van der Waals surface area (Å²) in [5, 5.41) is 0. The van der Waals surface area contributed by atoms with Gasteiger partial charge in [-0.2, -0.15) is 0 Å². The average molecular weight is 479 g/mol. The average Bonchev–Trinajstić information content (AvgIpc) is 3.39. The molecule has 0 bridgehead atoms. The molecular formula is C28H31FN2O4. The van der Waals surface area contributed by atoms with Crippen molar-refractivity contribution in [1.29, 1.82) is 0 Å². The number of rotatable bonds is 13. The smallest absolute Gasteiger partial charge is 0.247 e. The highest BCUT2D eigenvalue weighted by Crippen LogP contribution is 2.13. The van der Waals surface area contributed by atoms with Crippen molar-refractivity contribution in [2.24, 2.45) is 0 Å². The molecule has 0 fully saturated rings. The highest BCUT2D eigenvalue weighted by molar-refractivity contribution is 5.94. The van der Waals surface area contributed by atoms with Gasteiger partial charge in [-0.15, -0.1) is 0 Å². The van der Waals surface area contributed by atoms with E-state index in [0.717, 1.165) is 11.1 Å². The van der Waals surface area contributed by atoms with Crippen molar-refractivity contribution in [2.45, 2.75) is 26.4 Å². The Morgan fingerprint density at radius 2 is 1.74 bits per heavy atom. The summed E-state index contributed by atoms with van der Waals surface area (Å²) in [4.78, 5) is 29.5. The van der Waals surface area contributed by atoms with E-state index >= 15 is 0 Å². The minimum atomic E-state index is -0.339. The third-order valence-electron chi connectivity index (χ3n) is 5.34. The first kappa shape index (κ1) is 25.9. The van der Waals surface area contributed by atoms with Crippen molar-refractivity contribution >= 4 is 17.9 Å². The Balaban J connectivity index is 1.73. The molecule has 1 aromatic heterocycles. The summed E-state index contributed by atoms with van der Waals surface area (Å²) in [5.41, 5.74) is 1.68. The first-order valence-corrected chi connectivity index (χ1v) is 11.7. The molecule has 184 valence electrons. The van der Waals surface area contributed by atoms with Crippen molar-refractivity contribution < 1.29 is 23.1 Å². The zero-order valence-corrected chi connectivity index (χ0v) is 19.9. The minimum Gasteiger partial charge on any atom is -0.467 e. The maximum Gasteiger partial charge on any atom is 0.247 e. The summed E-state index contributed by atoms with van der Waals surface area (Å²) in [6.45, 7) is 3.81. The fourth-order valence-corrected chi connectivity index (χ4v) is 3.50. The quantitative estimate of drug-likeness (QED) is 0.259. The molecule has 2 amide bonds. The normalized spacial score (nSPS) is 11.0. The summed E-state index contributed by atoms with van der Waals surface area (Å²) in [5.74, 6) is -0.199. The Kier molecular flexibility index (Phi) is 10.3. The Labute approximate surface area is 205 Å². The van der Waals surface area contributed by atoms with E-state index in [4.69, 9.17) is 9.15 Å². The van der Waals surface area contributed by atoms with E-state index < -0.39 is 0 Å². The molecule has 35 heavy (non-hydrogen) atoms. The van der Waals surface area contributed by atoms with Crippen LogP contribution in [0.4, 0.5) is 4.39 Å². The second-order valence-corrected chi connectivity index (χ2v) is 8.01. The van der Waals surface area contributed by atoms with Crippen molar-refractivity contribution in [2.75, 3.05) is 26.3 Å². The van der Waals surface area contributed by atoms with Crippen LogP contribution in [0.5, 0.6) is 0 Å². The Bertz CT molecular complexity index is 1070. The third-order valence-corrected chi connectivity index (χ3v) is 5.34. The number of halogens is 1. The van der Waals surface area contributed by atoms with Gasteiger partial charge in [0.1, 0.15) is 18.1 Å². The van der Waals surface area contributed by atoms with E-state index in [-0.39, 0.29) is 37.3 Å². The van der Waals surface area contributed by atoms with Crippen LogP contribution in [0.25, 0.3) is 6.08 Å². The standard InChI is InChI=1S/C28H31FN2O4/c1-2-34-18-7-17-30(27(32)16-13-23-8-4-3-5-9-23)22-28(33)31(21-26-10-6-19-35-26)20-24-11-14-25(29)15-12-24/h3-6,8-16,19H,2,7,17-18,20-22H2,1H3. The zero-order chi connectivity index (χ0) is 24.9. The Morgan fingerprint density at radius 1 is 0.971 bits per heavy atom. The second-order valence-electron chi connectivity index (χ2n) is 8.01. The molecule has 3 rings (SSSR count). The summed E-state index contributed by atoms with van der Waals surface area (Å²) >= 11 is 0. The number of carbonyl (C=O) groups is 2. The summed E-state index contributed by atoms with van der Waals surface area (Å²) in [6, 6.07) is 19.1. The lowest BCUT2D eigenvalue weighted by atomic mass is 10.2. The van der Waals surface area contributed by atoms with E-state index in [1.165, 1.54) is 23.1 Å². The molecule has 0 aliphatic carbocycles. The van der Waals surface area contributed by atoms with Gasteiger partial charge in [0.05, 0.1) is 12.8 Å². The minimum absolute atomic E-state index is 0.0913. The summed E-state index contributed by atoms with van der Waals surface area (Å²) in [7, 11) is 0. The lowest BCUT2D eigenvalue weighted by Gasteiger charge is -2.27. The van der Waals surface area contributed by atoms with E-state index in [1.807, 2.05) is 37.3 Å². The number of amides is 2. The van der Waals surface area contributed by atoms with Crippen molar-refractivity contribution in [3.63, 3.8) is 0 Å². The predicted octanol–water partition coefficient (Wildman–Crippen LogP) is 4.92. The van der Waals surface area contributed by atoms with Gasteiger partial charge in [-0.3, -0.25) is 9.59 Å². The van der Waals surface area contributed by atoms with Crippen molar-refractivity contribution in [3.8, 4) is 0 Å². The number of hydrogen-bond acceptors (Lipinski definition) is 4. The highest BCUT2D eigenvalue weighted by Gasteiger charge is 2.21. The third kappa shape index (κ3) is 8.87. The summed E-state index contributed by atoms with van der Waals surface area (Å²) in [6.07, 6.45) is 5.39. The van der Waals surface area contributed by atoms with E-state index in [0.29, 0.717) is 31.9 Å². The van der Waals surface area contributed by atoms with Gasteiger partial charge < -0.3 is 19.0 Å². The van der Waals surface area contributed by atoms with Crippen LogP contribution in [0.2, 0.25) is 0 Å². The number of benzene rings is 2. The topological polar surface area (TPSA) is 63.0 Å². The monoisotopic (exact) mass is 478 g/mol. The molecule has 7 heteroatoms. The Morgan fingerprint density at radius 3 is 2.43 bits per heavy atom. The largest absolute Gasteiger partial charge is 0.467 e. The van der Waals surface area contributed by atoms with Crippen LogP contribution >= 0.6 is 0 Å². The molecular weight excluding hydrogens is 447 g/mol. The lowest BCUT2D eigenvalue weighted by molar-refractivity contribution is -0.139. The lowest BCUT2D eigenvalue weighted by Crippen LogP contribution is -2.42. The molecule has 0 radical (unpaired) electrons. The molecule has 0 unspecified atom stereocenters. The second kappa shape index (κ2) is 13.9. The maximum atomic E-state index is 13.4. The summed E-state index contributed by atoms with van der Waals surface area (Å²) < 4.78 is 24.2. The molecule has 0 saturated carbocycles. The van der Waals surface area contributed by atoms with Crippen LogP contribution in [0.3, 0.4) is 0 Å². The molecule has 2 aromatic carbocycles. The van der Waals surface area contributed by atoms with Gasteiger partial charge in [0.25, 0.3) is 0 Å². The van der Waals surface area contributed by atoms with E-state index in [9.17, 15) is 14.0 Å². The van der Waals surface area contributed by atoms with Gasteiger partial charge >= 0.3 is 0 Å². The fourth-order valence-electron chi connectivity index (χ4n) is 3.50. The maximum absolute atomic E-state index is 13.4. The van der Waals surface area contributed by atoms with Crippen LogP contribution in [0.1, 0.15) is 30.2 Å². The Hall–Kier alpha value is -3.71. The fraction of sp³-hybridized carbons (Fsp3) is 0.286. The first-order valence-electron chi connectivity index (χ1n) is 11.7. The number of hydrogen-bond donors (Lipinski definition) is 0. The molecule has 6 nitrogen and oxygen atoms in total. The van der Waals surface area contributed by atoms with Gasteiger partial charge in [-0.05, 0) is 54.8 Å². The van der Waals surface area contributed by atoms with Gasteiger partial charge in [0.15, 0.2) is 0 Å². The van der Waals surface area contributed by atoms with Crippen molar-refractivity contribution in [1.82, 2.24) is 9.80 Å². The number of carbonyl (C=O) groups excluding carboxylic acids is 2. The SMILES string of the molecule is CCOCCCN(CC(=O)N(Cc1ccc(F)cc1)Cc1ccco1)C(=O)C=Cc1ccccc1. The zero-order valence-electron chi connectivity index (χ0n) is 19.9. The molecule has 1 heterocycles. The molecule has 0 saturated heterocycles. The van der Waals surface area contributed by atoms with Crippen LogP contribution in [0.15, 0.2) is 83.5 Å². The number of furan rings is 1. The molecule has 0 aliphatic rings. The van der Waals surface area contributed by atoms with Crippen molar-refractivity contribution in [3.05, 3.63) is 102 Å². The first-order chi connectivity index (χ1) is 17.0. The number of ether oxygens (including phenoxy) is 1. The molecule has 0 aliphatic heterocycles. The van der Waals surface area contributed by atoms with Crippen LogP contribution in [-0.4, -0.2) is 47.9 Å². The van der Waals surface area contributed by atoms with Gasteiger partial charge in [0.2, 0.25) is 11.8 Å². The van der Waals surface area contributed by atoms with E-state index in [1.54, 1.807) is 41.5 Å². The van der Waals surface area contributed by atoms with Crippen LogP contribution in [0, 0.1) is 5.82 Å². The van der Waals surface area contributed by atoms with Gasteiger partial charge in [-0.1, -0.05) is 42.5 Å². The van der Waals surface area contributed by atoms with Gasteiger partial charge in [0, 0.05) is 32.4 Å². The molecule has 0 N–H and O–H groups in total. The molecule has 0 spiro atoms. The molecule has 3 aromatic rings.